The minimum atomic E-state index is -0.860. The summed E-state index contributed by atoms with van der Waals surface area (Å²) in [4.78, 5) is 27.5. The van der Waals surface area contributed by atoms with Gasteiger partial charge < -0.3 is 10.0 Å². The van der Waals surface area contributed by atoms with E-state index in [2.05, 4.69) is 29.2 Å². The van der Waals surface area contributed by atoms with Crippen molar-refractivity contribution in [2.24, 2.45) is 5.41 Å². The van der Waals surface area contributed by atoms with E-state index in [1.807, 2.05) is 0 Å². The van der Waals surface area contributed by atoms with Crippen LogP contribution in [0.2, 0.25) is 0 Å². The third-order valence-corrected chi connectivity index (χ3v) is 6.60. The number of carbonyl (C=O) groups is 2. The molecular weight excluding hydrogens is 316 g/mol. The Hall–Kier alpha value is -1.88. The van der Waals surface area contributed by atoms with Crippen LogP contribution in [0, 0.1) is 5.41 Å². The third-order valence-electron chi connectivity index (χ3n) is 6.60. The second-order valence-corrected chi connectivity index (χ2v) is 8.07. The lowest BCUT2D eigenvalue weighted by atomic mass is 9.76. The normalized spacial score (nSPS) is 26.1. The number of aliphatic carboxylic acids is 1. The molecule has 0 radical (unpaired) electrons. The Labute approximate surface area is 148 Å². The number of piperidine rings is 1. The number of fused-ring (bicyclic) bond motifs is 1. The van der Waals surface area contributed by atoms with E-state index in [4.69, 9.17) is 0 Å². The van der Waals surface area contributed by atoms with E-state index < -0.39 is 12.0 Å². The van der Waals surface area contributed by atoms with Crippen molar-refractivity contribution >= 4 is 11.9 Å². The van der Waals surface area contributed by atoms with E-state index in [1.54, 1.807) is 4.90 Å². The summed E-state index contributed by atoms with van der Waals surface area (Å²) in [5.41, 5.74) is 2.95. The van der Waals surface area contributed by atoms with Crippen LogP contribution >= 0.6 is 0 Å². The Bertz CT molecular complexity index is 645. The van der Waals surface area contributed by atoms with Crippen molar-refractivity contribution < 1.29 is 14.7 Å². The molecule has 5 heteroatoms. The lowest BCUT2D eigenvalue weighted by molar-refractivity contribution is -0.147. The number of carboxylic acid groups (broad SMARTS) is 1. The van der Waals surface area contributed by atoms with Gasteiger partial charge in [-0.15, -0.1) is 0 Å². The lowest BCUT2D eigenvalue weighted by Gasteiger charge is -2.41. The van der Waals surface area contributed by atoms with E-state index in [1.165, 1.54) is 18.1 Å². The van der Waals surface area contributed by atoms with Gasteiger partial charge in [-0.2, -0.15) is 0 Å². The molecule has 4 rings (SSSR count). The molecule has 2 fully saturated rings. The number of carbonyl (C=O) groups excluding carboxylic acids is 1. The second kappa shape index (κ2) is 6.13. The number of rotatable bonds is 2. The Kier molecular flexibility index (Phi) is 4.07. The van der Waals surface area contributed by atoms with Crippen molar-refractivity contribution in [3.8, 4) is 0 Å². The van der Waals surface area contributed by atoms with Crippen LogP contribution in [0.15, 0.2) is 24.3 Å². The van der Waals surface area contributed by atoms with Gasteiger partial charge in [-0.25, -0.2) is 4.79 Å². The molecule has 1 atom stereocenters. The molecule has 2 aliphatic heterocycles. The second-order valence-electron chi connectivity index (χ2n) is 8.07. The highest BCUT2D eigenvalue weighted by molar-refractivity contribution is 5.83. The number of hydrogen-bond acceptors (Lipinski definition) is 3. The molecule has 0 saturated carbocycles. The summed E-state index contributed by atoms with van der Waals surface area (Å²) in [7, 11) is 0. The van der Waals surface area contributed by atoms with Gasteiger partial charge in [0.25, 0.3) is 0 Å². The number of benzene rings is 1. The van der Waals surface area contributed by atoms with Gasteiger partial charge >= 0.3 is 5.97 Å². The molecule has 134 valence electrons. The summed E-state index contributed by atoms with van der Waals surface area (Å²) in [5.74, 6) is -0.973. The fourth-order valence-electron chi connectivity index (χ4n) is 5.13. The summed E-state index contributed by atoms with van der Waals surface area (Å²) < 4.78 is 0. The van der Waals surface area contributed by atoms with Gasteiger partial charge in [-0.3, -0.25) is 9.69 Å². The van der Waals surface area contributed by atoms with Crippen molar-refractivity contribution in [2.75, 3.05) is 19.6 Å². The van der Waals surface area contributed by atoms with Crippen LogP contribution in [0.25, 0.3) is 0 Å². The maximum atomic E-state index is 11.8. The van der Waals surface area contributed by atoms with Crippen LogP contribution in [-0.4, -0.2) is 58.5 Å². The standard InChI is InChI=1S/C20H26N2O3/c1-14(23)22-13-20(12-18(22)19(24)25)6-8-21(9-7-20)17-10-15-4-2-3-5-16(15)11-17/h2-5,17-18H,6-13H2,1H3,(H,24,25). The van der Waals surface area contributed by atoms with E-state index in [9.17, 15) is 14.7 Å². The van der Waals surface area contributed by atoms with Crippen molar-refractivity contribution in [1.29, 1.82) is 0 Å². The fraction of sp³-hybridized carbons (Fsp3) is 0.600. The minimum Gasteiger partial charge on any atom is -0.480 e. The first kappa shape index (κ1) is 16.6. The number of carboxylic acids is 1. The Morgan fingerprint density at radius 2 is 1.72 bits per heavy atom. The number of likely N-dealkylation sites (tertiary alicyclic amines) is 2. The molecule has 1 aromatic carbocycles. The van der Waals surface area contributed by atoms with Gasteiger partial charge in [-0.1, -0.05) is 24.3 Å². The van der Waals surface area contributed by atoms with Gasteiger partial charge in [-0.05, 0) is 61.7 Å². The maximum absolute atomic E-state index is 11.8. The van der Waals surface area contributed by atoms with E-state index in [0.29, 0.717) is 19.0 Å². The van der Waals surface area contributed by atoms with Crippen LogP contribution in [0.4, 0.5) is 0 Å². The van der Waals surface area contributed by atoms with E-state index in [-0.39, 0.29) is 11.3 Å². The molecule has 0 aromatic heterocycles. The predicted octanol–water partition coefficient (Wildman–Crippen LogP) is 1.94. The molecule has 1 aliphatic carbocycles. The summed E-state index contributed by atoms with van der Waals surface area (Å²) in [6.45, 7) is 4.12. The molecule has 2 saturated heterocycles. The van der Waals surface area contributed by atoms with Gasteiger partial charge in [0.05, 0.1) is 0 Å². The molecular formula is C20H26N2O3. The molecule has 1 aromatic rings. The van der Waals surface area contributed by atoms with Gasteiger partial charge in [0.2, 0.25) is 5.91 Å². The van der Waals surface area contributed by atoms with Crippen molar-refractivity contribution in [1.82, 2.24) is 9.80 Å². The predicted molar refractivity (Wildman–Crippen MR) is 94.3 cm³/mol. The van der Waals surface area contributed by atoms with Crippen LogP contribution in [-0.2, 0) is 22.4 Å². The lowest BCUT2D eigenvalue weighted by Crippen LogP contribution is -2.46. The zero-order valence-electron chi connectivity index (χ0n) is 14.8. The molecule has 1 unspecified atom stereocenters. The van der Waals surface area contributed by atoms with Crippen LogP contribution in [0.5, 0.6) is 0 Å². The first-order valence-corrected chi connectivity index (χ1v) is 9.28. The van der Waals surface area contributed by atoms with E-state index >= 15 is 0 Å². The van der Waals surface area contributed by atoms with E-state index in [0.717, 1.165) is 38.8 Å². The number of amides is 1. The van der Waals surface area contributed by atoms with Crippen LogP contribution < -0.4 is 0 Å². The van der Waals surface area contributed by atoms with Crippen LogP contribution in [0.3, 0.4) is 0 Å². The quantitative estimate of drug-likeness (QED) is 0.892. The maximum Gasteiger partial charge on any atom is 0.326 e. The number of nitrogens with zero attached hydrogens (tertiary/aromatic N) is 2. The molecule has 3 aliphatic rings. The molecule has 5 nitrogen and oxygen atoms in total. The summed E-state index contributed by atoms with van der Waals surface area (Å²) in [6, 6.07) is 8.65. The third kappa shape index (κ3) is 2.95. The number of hydrogen-bond donors (Lipinski definition) is 1. The van der Waals surface area contributed by atoms with Crippen molar-refractivity contribution in [3.05, 3.63) is 35.4 Å². The Morgan fingerprint density at radius 3 is 2.20 bits per heavy atom. The molecule has 1 amide bonds. The monoisotopic (exact) mass is 342 g/mol. The molecule has 1 spiro atoms. The molecule has 0 bridgehead atoms. The largest absolute Gasteiger partial charge is 0.480 e. The average molecular weight is 342 g/mol. The van der Waals surface area contributed by atoms with Crippen molar-refractivity contribution in [2.45, 2.75) is 51.1 Å². The van der Waals surface area contributed by atoms with Gasteiger partial charge in [0, 0.05) is 19.5 Å². The molecule has 25 heavy (non-hydrogen) atoms. The topological polar surface area (TPSA) is 60.9 Å². The van der Waals surface area contributed by atoms with Gasteiger partial charge in [0.1, 0.15) is 6.04 Å². The van der Waals surface area contributed by atoms with Gasteiger partial charge in [0.15, 0.2) is 0 Å². The average Bonchev–Trinajstić information content (AvgIpc) is 3.18. The first-order valence-electron chi connectivity index (χ1n) is 9.28. The minimum absolute atomic E-state index is 0.00329. The fourth-order valence-corrected chi connectivity index (χ4v) is 5.13. The highest BCUT2D eigenvalue weighted by Crippen LogP contribution is 2.44. The summed E-state index contributed by atoms with van der Waals surface area (Å²) in [5, 5.41) is 9.47. The summed E-state index contributed by atoms with van der Waals surface area (Å²) >= 11 is 0. The molecule has 1 N–H and O–H groups in total. The Balaban J connectivity index is 1.41. The SMILES string of the molecule is CC(=O)N1CC2(CCN(C3Cc4ccccc4C3)CC2)CC1C(=O)O. The molecule has 2 heterocycles. The smallest absolute Gasteiger partial charge is 0.326 e. The highest BCUT2D eigenvalue weighted by atomic mass is 16.4. The zero-order chi connectivity index (χ0) is 17.6. The zero-order valence-corrected chi connectivity index (χ0v) is 14.8. The summed E-state index contributed by atoms with van der Waals surface area (Å²) in [6.07, 6.45) is 4.85. The highest BCUT2D eigenvalue weighted by Gasteiger charge is 2.49. The Morgan fingerprint density at radius 1 is 1.12 bits per heavy atom. The van der Waals surface area contributed by atoms with Crippen molar-refractivity contribution in [3.63, 3.8) is 0 Å². The first-order chi connectivity index (χ1) is 12.0. The van der Waals surface area contributed by atoms with Crippen LogP contribution in [0.1, 0.15) is 37.3 Å².